The first kappa shape index (κ1) is 25.9. The van der Waals surface area contributed by atoms with Gasteiger partial charge in [0.2, 0.25) is 0 Å². The number of benzene rings is 1. The summed E-state index contributed by atoms with van der Waals surface area (Å²) in [6, 6.07) is 13.2. The van der Waals surface area contributed by atoms with E-state index in [0.717, 1.165) is 5.46 Å². The second-order valence-electron chi connectivity index (χ2n) is 10.3. The predicted octanol–water partition coefficient (Wildman–Crippen LogP) is 10.4. The van der Waals surface area contributed by atoms with E-state index in [1.165, 1.54) is 66.6 Å². The van der Waals surface area contributed by atoms with Crippen LogP contribution in [0.1, 0.15) is 47.2 Å². The second-order valence-corrected chi connectivity index (χ2v) is 14.6. The first-order valence-corrected chi connectivity index (χ1v) is 16.2. The zero-order valence-electron chi connectivity index (χ0n) is 22.3. The molecule has 0 fully saturated rings. The Bertz CT molecular complexity index is 1700. The monoisotopic (exact) mass is 564 g/mol. The van der Waals surface area contributed by atoms with Crippen molar-refractivity contribution in [3.8, 4) is 9.75 Å². The maximum atomic E-state index is 6.81. The lowest BCUT2D eigenvalue weighted by molar-refractivity contribution is 0.880. The molecule has 1 aliphatic carbocycles. The summed E-state index contributed by atoms with van der Waals surface area (Å²) in [5.41, 5.74) is 7.55. The number of thiophene rings is 3. The van der Waals surface area contributed by atoms with Crippen LogP contribution in [0.4, 0.5) is 0 Å². The van der Waals surface area contributed by atoms with Crippen LogP contribution < -0.4 is 5.46 Å². The molecule has 0 amide bonds. The highest BCUT2D eigenvalue weighted by molar-refractivity contribution is 8.12. The Morgan fingerprint density at radius 3 is 2.26 bits per heavy atom. The average molecular weight is 565 g/mol. The Hall–Kier alpha value is -2.31. The molecule has 2 unspecified atom stereocenters. The number of hydrogen-bond acceptors (Lipinski definition) is 4. The molecule has 5 heteroatoms. The van der Waals surface area contributed by atoms with E-state index < -0.39 is 0 Å². The fraction of sp³-hybridized carbons (Fsp3) is 0.212. The number of thioether (sulfide) groups is 1. The highest BCUT2D eigenvalue weighted by Gasteiger charge is 2.25. The molecule has 1 aliphatic heterocycles. The van der Waals surface area contributed by atoms with Gasteiger partial charge in [0.05, 0.1) is 0 Å². The third-order valence-corrected chi connectivity index (χ3v) is 12.6. The standard InChI is InChI=1S/C33H29BS4/c1-18-6-9-23(10-7-18)16-27-21(4)15-28(36-27)30-22(5)31-33(37-30)29(34)32(38-31)26-13-12-25(35-26)17-24-11-8-19(2)14-20(24)3/h6-17,20-21H,1-5H3. The third-order valence-electron chi connectivity index (χ3n) is 7.21. The summed E-state index contributed by atoms with van der Waals surface area (Å²) in [6.45, 7) is 11.1. The molecule has 6 rings (SSSR count). The van der Waals surface area contributed by atoms with Gasteiger partial charge in [-0.25, -0.2) is 0 Å². The molecule has 0 N–H and O–H groups in total. The van der Waals surface area contributed by atoms with Gasteiger partial charge in [-0.05, 0) is 72.6 Å². The topological polar surface area (TPSA) is 0 Å². The molecule has 1 aromatic carbocycles. The van der Waals surface area contributed by atoms with E-state index in [4.69, 9.17) is 7.85 Å². The average Bonchev–Trinajstić information content (AvgIpc) is 3.64. The van der Waals surface area contributed by atoms with Crippen molar-refractivity contribution in [3.63, 3.8) is 0 Å². The zero-order valence-corrected chi connectivity index (χ0v) is 25.6. The molecule has 0 bridgehead atoms. The maximum Gasteiger partial charge on any atom is 0.117 e. The van der Waals surface area contributed by atoms with Crippen molar-refractivity contribution in [1.82, 2.24) is 0 Å². The number of hydrogen-bond donors (Lipinski definition) is 0. The Labute approximate surface area is 243 Å². The lowest BCUT2D eigenvalue weighted by Gasteiger charge is -2.13. The van der Waals surface area contributed by atoms with E-state index >= 15 is 0 Å². The minimum absolute atomic E-state index is 0.420. The fourth-order valence-electron chi connectivity index (χ4n) is 4.97. The van der Waals surface area contributed by atoms with Crippen LogP contribution in [0, 0.1) is 25.7 Å². The van der Waals surface area contributed by atoms with E-state index in [-0.39, 0.29) is 0 Å². The molecule has 0 spiro atoms. The minimum Gasteiger partial charge on any atom is -0.135 e. The van der Waals surface area contributed by atoms with Crippen LogP contribution in [0.5, 0.6) is 0 Å². The van der Waals surface area contributed by atoms with Gasteiger partial charge in [-0.15, -0.1) is 34.0 Å². The van der Waals surface area contributed by atoms with Crippen LogP contribution in [-0.4, -0.2) is 7.85 Å². The Morgan fingerprint density at radius 1 is 0.763 bits per heavy atom. The molecule has 4 aromatic rings. The molecule has 0 saturated heterocycles. The summed E-state index contributed by atoms with van der Waals surface area (Å²) in [5, 5.41) is 0. The van der Waals surface area contributed by atoms with Gasteiger partial charge < -0.3 is 0 Å². The van der Waals surface area contributed by atoms with Gasteiger partial charge in [0.15, 0.2) is 0 Å². The maximum absolute atomic E-state index is 6.81. The first-order valence-electron chi connectivity index (χ1n) is 12.9. The molecule has 188 valence electrons. The lowest BCUT2D eigenvalue weighted by atomic mass is 9.93. The molecule has 38 heavy (non-hydrogen) atoms. The highest BCUT2D eigenvalue weighted by atomic mass is 32.2. The van der Waals surface area contributed by atoms with Crippen molar-refractivity contribution in [3.05, 3.63) is 103 Å². The van der Waals surface area contributed by atoms with Gasteiger partial charge in [-0.2, -0.15) is 0 Å². The Balaban J connectivity index is 1.27. The lowest BCUT2D eigenvalue weighted by Crippen LogP contribution is -2.00. The molecule has 0 nitrogen and oxygen atoms in total. The highest BCUT2D eigenvalue weighted by Crippen LogP contribution is 2.51. The van der Waals surface area contributed by atoms with E-state index in [9.17, 15) is 0 Å². The molecule has 2 aliphatic rings. The Morgan fingerprint density at radius 2 is 1.53 bits per heavy atom. The largest absolute Gasteiger partial charge is 0.135 e. The van der Waals surface area contributed by atoms with Crippen molar-refractivity contribution in [2.45, 2.75) is 34.6 Å². The third kappa shape index (κ3) is 4.90. The van der Waals surface area contributed by atoms with Crippen molar-refractivity contribution in [2.24, 2.45) is 11.8 Å². The van der Waals surface area contributed by atoms with Crippen LogP contribution in [0.3, 0.4) is 0 Å². The summed E-state index contributed by atoms with van der Waals surface area (Å²) in [6.07, 6.45) is 13.8. The fourth-order valence-corrected chi connectivity index (χ4v) is 10.1. The van der Waals surface area contributed by atoms with Gasteiger partial charge in [-0.3, -0.25) is 0 Å². The van der Waals surface area contributed by atoms with Gasteiger partial charge in [-0.1, -0.05) is 90.8 Å². The van der Waals surface area contributed by atoms with Crippen LogP contribution >= 0.6 is 45.8 Å². The number of allylic oxidation sites excluding steroid dienone is 7. The predicted molar refractivity (Wildman–Crippen MR) is 177 cm³/mol. The number of rotatable bonds is 4. The summed E-state index contributed by atoms with van der Waals surface area (Å²) >= 11 is 7.45. The van der Waals surface area contributed by atoms with Gasteiger partial charge in [0.25, 0.3) is 0 Å². The van der Waals surface area contributed by atoms with Gasteiger partial charge in [0.1, 0.15) is 7.85 Å². The van der Waals surface area contributed by atoms with E-state index in [0.29, 0.717) is 11.8 Å². The van der Waals surface area contributed by atoms with Crippen LogP contribution in [0.15, 0.2) is 76.8 Å². The summed E-state index contributed by atoms with van der Waals surface area (Å²) < 4.78 is 2.57. The molecule has 3 aromatic heterocycles. The van der Waals surface area contributed by atoms with Crippen LogP contribution in [-0.2, 0) is 0 Å². The minimum atomic E-state index is 0.420. The molecular formula is C33H29BS4. The van der Waals surface area contributed by atoms with Crippen molar-refractivity contribution in [2.75, 3.05) is 0 Å². The number of aryl methyl sites for hydroxylation is 2. The van der Waals surface area contributed by atoms with Crippen molar-refractivity contribution < 1.29 is 0 Å². The quantitative estimate of drug-likeness (QED) is 0.222. The van der Waals surface area contributed by atoms with Crippen molar-refractivity contribution >= 4 is 85.5 Å². The molecule has 2 atom stereocenters. The zero-order chi connectivity index (χ0) is 26.6. The number of fused-ring (bicyclic) bond motifs is 1. The molecule has 2 radical (unpaired) electrons. The van der Waals surface area contributed by atoms with E-state index in [1.807, 2.05) is 45.8 Å². The smallest absolute Gasteiger partial charge is 0.117 e. The molecule has 0 saturated carbocycles. The van der Waals surface area contributed by atoms with Crippen LogP contribution in [0.2, 0.25) is 0 Å². The second kappa shape index (κ2) is 10.3. The summed E-state index contributed by atoms with van der Waals surface area (Å²) in [5.74, 6) is 0.866. The van der Waals surface area contributed by atoms with Crippen molar-refractivity contribution in [1.29, 1.82) is 0 Å². The normalized spacial score (nSPS) is 21.6. The summed E-state index contributed by atoms with van der Waals surface area (Å²) in [7, 11) is 6.81. The summed E-state index contributed by atoms with van der Waals surface area (Å²) in [4.78, 5) is 7.89. The van der Waals surface area contributed by atoms with Gasteiger partial charge in [0, 0.05) is 39.7 Å². The van der Waals surface area contributed by atoms with Gasteiger partial charge >= 0.3 is 0 Å². The SMILES string of the molecule is [B]c1c(-c2ccc(C=C3C=CC(C)=CC3C)s2)sc2c(C)c(C3=CC(C)C(=Cc4ccc(C)cc4)S3)sc12. The van der Waals surface area contributed by atoms with E-state index in [2.05, 4.69) is 107 Å². The molecular weight excluding hydrogens is 535 g/mol. The Kier molecular flexibility index (Phi) is 7.07. The molecule has 4 heterocycles. The van der Waals surface area contributed by atoms with Crippen LogP contribution in [0.25, 0.3) is 36.2 Å². The first-order chi connectivity index (χ1) is 18.3. The van der Waals surface area contributed by atoms with E-state index in [1.54, 1.807) is 0 Å².